The smallest absolute Gasteiger partial charge is 0.131 e. The zero-order valence-electron chi connectivity index (χ0n) is 13.1. The normalized spacial score (nSPS) is 11.1. The van der Waals surface area contributed by atoms with Crippen LogP contribution in [0.25, 0.3) is 10.8 Å². The van der Waals surface area contributed by atoms with E-state index in [0.29, 0.717) is 0 Å². The second kappa shape index (κ2) is 6.10. The van der Waals surface area contributed by atoms with Crippen molar-refractivity contribution in [1.82, 2.24) is 9.97 Å². The van der Waals surface area contributed by atoms with Crippen LogP contribution in [0.4, 0.5) is 0 Å². The highest BCUT2D eigenvalue weighted by Gasteiger charge is 2.12. The van der Waals surface area contributed by atoms with Gasteiger partial charge in [-0.15, -0.1) is 0 Å². The van der Waals surface area contributed by atoms with Crippen molar-refractivity contribution in [2.24, 2.45) is 0 Å². The van der Waals surface area contributed by atoms with Gasteiger partial charge in [0.25, 0.3) is 0 Å². The summed E-state index contributed by atoms with van der Waals surface area (Å²) >= 11 is 0. The summed E-state index contributed by atoms with van der Waals surface area (Å²) in [6, 6.07) is 10.3. The molecule has 0 saturated carbocycles. The Kier molecular flexibility index (Phi) is 4.00. The number of H-pyrrole nitrogens is 1. The number of ether oxygens (including phenoxy) is 2. The van der Waals surface area contributed by atoms with Crippen molar-refractivity contribution in [3.8, 4) is 11.5 Å². The van der Waals surface area contributed by atoms with Crippen LogP contribution in [0.2, 0.25) is 0 Å². The van der Waals surface area contributed by atoms with Gasteiger partial charge in [-0.1, -0.05) is 12.1 Å². The first-order valence-corrected chi connectivity index (χ1v) is 7.41. The van der Waals surface area contributed by atoms with Gasteiger partial charge in [0.2, 0.25) is 0 Å². The minimum absolute atomic E-state index is 0.119. The first-order chi connectivity index (χ1) is 10.7. The summed E-state index contributed by atoms with van der Waals surface area (Å²) in [5.74, 6) is 1.79. The minimum atomic E-state index is 0.119. The summed E-state index contributed by atoms with van der Waals surface area (Å²) < 4.78 is 11.4. The van der Waals surface area contributed by atoms with E-state index < -0.39 is 0 Å². The topological polar surface area (TPSA) is 47.1 Å². The Bertz CT molecular complexity index is 764. The predicted molar refractivity (Wildman–Crippen MR) is 87.7 cm³/mol. The molecule has 4 nitrogen and oxygen atoms in total. The maximum Gasteiger partial charge on any atom is 0.131 e. The molecule has 1 N–H and O–H groups in total. The van der Waals surface area contributed by atoms with Gasteiger partial charge in [0.05, 0.1) is 19.5 Å². The lowest BCUT2D eigenvalue weighted by molar-refractivity contribution is 0.243. The van der Waals surface area contributed by atoms with E-state index in [1.54, 1.807) is 13.4 Å². The standard InChI is InChI=1S/C18H20N2O2/c1-12(2)22-18-14(8-15-10-19-11-20-15)5-4-13-9-16(21-3)6-7-17(13)18/h4-7,9-12H,8H2,1-3H3,(H,19,20). The molecule has 0 fully saturated rings. The van der Waals surface area contributed by atoms with Crippen LogP contribution in [0.3, 0.4) is 0 Å². The van der Waals surface area contributed by atoms with Crippen LogP contribution in [-0.2, 0) is 6.42 Å². The van der Waals surface area contributed by atoms with Crippen molar-refractivity contribution < 1.29 is 9.47 Å². The molecule has 2 aromatic carbocycles. The van der Waals surface area contributed by atoms with Crippen molar-refractivity contribution in [1.29, 1.82) is 0 Å². The molecule has 114 valence electrons. The molecule has 22 heavy (non-hydrogen) atoms. The van der Waals surface area contributed by atoms with Gasteiger partial charge >= 0.3 is 0 Å². The van der Waals surface area contributed by atoms with E-state index in [1.165, 1.54) is 0 Å². The zero-order chi connectivity index (χ0) is 15.5. The molecule has 1 aromatic heterocycles. The molecular weight excluding hydrogens is 276 g/mol. The van der Waals surface area contributed by atoms with Crippen LogP contribution >= 0.6 is 0 Å². The number of fused-ring (bicyclic) bond motifs is 1. The van der Waals surface area contributed by atoms with Crippen molar-refractivity contribution >= 4 is 10.8 Å². The summed E-state index contributed by atoms with van der Waals surface area (Å²) in [5.41, 5.74) is 2.22. The molecule has 0 spiro atoms. The molecule has 1 heterocycles. The number of aromatic amines is 1. The number of imidazole rings is 1. The molecule has 0 aliphatic carbocycles. The largest absolute Gasteiger partial charge is 0.497 e. The van der Waals surface area contributed by atoms with Gasteiger partial charge in [0.1, 0.15) is 11.5 Å². The molecule has 0 aliphatic rings. The lowest BCUT2D eigenvalue weighted by Crippen LogP contribution is -2.08. The van der Waals surface area contributed by atoms with E-state index in [0.717, 1.165) is 39.9 Å². The molecule has 0 bridgehead atoms. The third kappa shape index (κ3) is 2.91. The van der Waals surface area contributed by atoms with Crippen LogP contribution < -0.4 is 9.47 Å². The van der Waals surface area contributed by atoms with E-state index in [1.807, 2.05) is 32.2 Å². The van der Waals surface area contributed by atoms with Gasteiger partial charge < -0.3 is 14.5 Å². The Balaban J connectivity index is 2.10. The van der Waals surface area contributed by atoms with E-state index in [9.17, 15) is 0 Å². The van der Waals surface area contributed by atoms with Crippen LogP contribution in [0, 0.1) is 0 Å². The number of hydrogen-bond donors (Lipinski definition) is 1. The number of rotatable bonds is 5. The molecular formula is C18H20N2O2. The number of hydrogen-bond acceptors (Lipinski definition) is 3. The summed E-state index contributed by atoms with van der Waals surface area (Å²) in [6.45, 7) is 4.09. The Morgan fingerprint density at radius 1 is 1.18 bits per heavy atom. The quantitative estimate of drug-likeness (QED) is 0.775. The molecule has 0 radical (unpaired) electrons. The predicted octanol–water partition coefficient (Wildman–Crippen LogP) is 3.95. The van der Waals surface area contributed by atoms with Gasteiger partial charge in [-0.05, 0) is 37.4 Å². The van der Waals surface area contributed by atoms with Gasteiger partial charge in [-0.25, -0.2) is 4.98 Å². The molecule has 0 amide bonds. The zero-order valence-corrected chi connectivity index (χ0v) is 13.1. The lowest BCUT2D eigenvalue weighted by Gasteiger charge is -2.17. The first-order valence-electron chi connectivity index (χ1n) is 7.41. The van der Waals surface area contributed by atoms with Crippen LogP contribution in [0.5, 0.6) is 11.5 Å². The molecule has 0 saturated heterocycles. The molecule has 4 heteroatoms. The van der Waals surface area contributed by atoms with Crippen LogP contribution in [0.1, 0.15) is 25.1 Å². The Hall–Kier alpha value is -2.49. The van der Waals surface area contributed by atoms with Crippen LogP contribution in [-0.4, -0.2) is 23.2 Å². The fourth-order valence-corrected chi connectivity index (χ4v) is 2.55. The number of methoxy groups -OCH3 is 1. The van der Waals surface area contributed by atoms with Crippen molar-refractivity contribution in [2.75, 3.05) is 7.11 Å². The Morgan fingerprint density at radius 2 is 2.05 bits per heavy atom. The molecule has 3 rings (SSSR count). The maximum absolute atomic E-state index is 6.11. The molecule has 0 unspecified atom stereocenters. The summed E-state index contributed by atoms with van der Waals surface area (Å²) in [6.07, 6.45) is 4.43. The minimum Gasteiger partial charge on any atom is -0.497 e. The molecule has 3 aromatic rings. The molecule has 0 atom stereocenters. The monoisotopic (exact) mass is 296 g/mol. The Labute approximate surface area is 130 Å². The van der Waals surface area contributed by atoms with Crippen molar-refractivity contribution in [3.63, 3.8) is 0 Å². The number of nitrogens with one attached hydrogen (secondary N) is 1. The Morgan fingerprint density at radius 3 is 2.73 bits per heavy atom. The highest BCUT2D eigenvalue weighted by molar-refractivity contribution is 5.90. The lowest BCUT2D eigenvalue weighted by atomic mass is 10.0. The summed E-state index contributed by atoms with van der Waals surface area (Å²) in [5, 5.41) is 2.22. The van der Waals surface area contributed by atoms with E-state index in [4.69, 9.17) is 9.47 Å². The van der Waals surface area contributed by atoms with Gasteiger partial charge in [-0.2, -0.15) is 0 Å². The number of nitrogens with zero attached hydrogens (tertiary/aromatic N) is 1. The third-order valence-corrected chi connectivity index (χ3v) is 3.55. The van der Waals surface area contributed by atoms with E-state index in [-0.39, 0.29) is 6.10 Å². The number of benzene rings is 2. The highest BCUT2D eigenvalue weighted by atomic mass is 16.5. The number of aromatic nitrogens is 2. The fraction of sp³-hybridized carbons (Fsp3) is 0.278. The molecule has 0 aliphatic heterocycles. The van der Waals surface area contributed by atoms with Gasteiger partial charge in [0, 0.05) is 29.3 Å². The second-order valence-corrected chi connectivity index (χ2v) is 5.56. The summed E-state index contributed by atoms with van der Waals surface area (Å²) in [4.78, 5) is 7.23. The third-order valence-electron chi connectivity index (χ3n) is 3.55. The van der Waals surface area contributed by atoms with Crippen LogP contribution in [0.15, 0.2) is 42.9 Å². The maximum atomic E-state index is 6.11. The van der Waals surface area contributed by atoms with Crippen molar-refractivity contribution in [2.45, 2.75) is 26.4 Å². The summed E-state index contributed by atoms with van der Waals surface area (Å²) in [7, 11) is 1.68. The fourth-order valence-electron chi connectivity index (χ4n) is 2.55. The SMILES string of the molecule is COc1ccc2c(OC(C)C)c(Cc3cnc[nH]3)ccc2c1. The average Bonchev–Trinajstić information content (AvgIpc) is 3.01. The van der Waals surface area contributed by atoms with E-state index >= 15 is 0 Å². The first kappa shape index (κ1) is 14.4. The highest BCUT2D eigenvalue weighted by Crippen LogP contribution is 2.34. The second-order valence-electron chi connectivity index (χ2n) is 5.56. The van der Waals surface area contributed by atoms with Gasteiger partial charge in [-0.3, -0.25) is 0 Å². The average molecular weight is 296 g/mol. The van der Waals surface area contributed by atoms with Crippen molar-refractivity contribution in [3.05, 3.63) is 54.1 Å². The van der Waals surface area contributed by atoms with E-state index in [2.05, 4.69) is 28.2 Å². The van der Waals surface area contributed by atoms with Gasteiger partial charge in [0.15, 0.2) is 0 Å².